The molecule has 2 aromatic carbocycles. The molecule has 0 radical (unpaired) electrons. The minimum atomic E-state index is -1.04. The third-order valence-corrected chi connectivity index (χ3v) is 6.48. The van der Waals surface area contributed by atoms with Crippen LogP contribution in [-0.2, 0) is 25.8 Å². The smallest absolute Gasteiger partial charge is 0.239 e. The van der Waals surface area contributed by atoms with Gasteiger partial charge in [0.1, 0.15) is 6.29 Å². The van der Waals surface area contributed by atoms with E-state index in [1.165, 1.54) is 24.1 Å². The number of carbonyl (C=O) groups excluding carboxylic acids is 3. The van der Waals surface area contributed by atoms with Crippen LogP contribution < -0.4 is 15.8 Å². The second-order valence-corrected chi connectivity index (χ2v) is 9.01. The molecule has 2 heterocycles. The molecule has 1 aliphatic heterocycles. The number of anilines is 1. The number of aldehydes is 1. The molecule has 2 atom stereocenters. The van der Waals surface area contributed by atoms with E-state index in [4.69, 9.17) is 4.84 Å². The van der Waals surface area contributed by atoms with E-state index < -0.39 is 29.8 Å². The zero-order valence-electron chi connectivity index (χ0n) is 21.4. The van der Waals surface area contributed by atoms with Gasteiger partial charge in [0.2, 0.25) is 12.3 Å². The summed E-state index contributed by atoms with van der Waals surface area (Å²) < 4.78 is 28.0. The molecule has 1 aliphatic rings. The highest BCUT2D eigenvalue weighted by atomic mass is 19.2. The number of halogens is 2. The SMILES string of the molecule is CC(=O)N(NCc1cccc(F)c1F)[C@@H](CC=O)C(ON(C=O)c1cc2ccccc2cn1)N1CCNCC1. The van der Waals surface area contributed by atoms with Crippen molar-refractivity contribution in [3.63, 3.8) is 0 Å². The second kappa shape index (κ2) is 13.3. The monoisotopic (exact) mass is 540 g/mol. The van der Waals surface area contributed by atoms with Gasteiger partial charge in [-0.05, 0) is 17.5 Å². The van der Waals surface area contributed by atoms with Gasteiger partial charge in [-0.3, -0.25) is 19.5 Å². The van der Waals surface area contributed by atoms with Crippen LogP contribution in [0.5, 0.6) is 0 Å². The fourth-order valence-electron chi connectivity index (χ4n) is 4.52. The number of amides is 2. The van der Waals surface area contributed by atoms with Crippen molar-refractivity contribution in [3.05, 3.63) is 71.9 Å². The average Bonchev–Trinajstić information content (AvgIpc) is 2.95. The Morgan fingerprint density at radius 2 is 1.90 bits per heavy atom. The summed E-state index contributed by atoms with van der Waals surface area (Å²) in [6, 6.07) is 12.0. The number of nitrogens with one attached hydrogen (secondary N) is 2. The van der Waals surface area contributed by atoms with Crippen molar-refractivity contribution in [2.45, 2.75) is 32.2 Å². The number of pyridine rings is 1. The molecule has 1 saturated heterocycles. The van der Waals surface area contributed by atoms with Crippen LogP contribution in [0.3, 0.4) is 0 Å². The lowest BCUT2D eigenvalue weighted by Crippen LogP contribution is -2.62. The van der Waals surface area contributed by atoms with Crippen LogP contribution in [0.25, 0.3) is 10.8 Å². The van der Waals surface area contributed by atoms with Gasteiger partial charge < -0.3 is 10.1 Å². The lowest BCUT2D eigenvalue weighted by atomic mass is 10.1. The number of hydrogen-bond acceptors (Lipinski definition) is 8. The van der Waals surface area contributed by atoms with E-state index in [9.17, 15) is 23.2 Å². The number of hydrogen-bond donors (Lipinski definition) is 2. The topological polar surface area (TPSA) is 107 Å². The van der Waals surface area contributed by atoms with Gasteiger partial charge in [0.05, 0.1) is 6.04 Å². The van der Waals surface area contributed by atoms with Crippen molar-refractivity contribution in [1.29, 1.82) is 0 Å². The molecule has 206 valence electrons. The first kappa shape index (κ1) is 28.2. The molecule has 10 nitrogen and oxygen atoms in total. The standard InChI is InChI=1S/C27H30F2N6O4/c1-19(38)35(32-17-22-7-4-8-23(28)26(22)29)24(9-14-36)27(33-12-10-30-11-13-33)39-34(18-37)25-15-20-5-2-3-6-21(20)16-31-25/h2-8,14-16,18,24,27,30,32H,9-13,17H2,1H3/t24-,27?/m0/s1. The number of nitrogens with zero attached hydrogens (tertiary/aromatic N) is 4. The molecular formula is C27H30F2N6O4. The minimum Gasteiger partial charge on any atom is -0.314 e. The molecule has 0 bridgehead atoms. The van der Waals surface area contributed by atoms with Crippen LogP contribution in [0, 0.1) is 11.6 Å². The number of rotatable bonds is 12. The van der Waals surface area contributed by atoms with Crippen LogP contribution in [0.2, 0.25) is 0 Å². The molecule has 0 aliphatic carbocycles. The predicted octanol–water partition coefficient (Wildman–Crippen LogP) is 2.15. The largest absolute Gasteiger partial charge is 0.314 e. The summed E-state index contributed by atoms with van der Waals surface area (Å²) in [5.41, 5.74) is 2.84. The van der Waals surface area contributed by atoms with Gasteiger partial charge in [-0.2, -0.15) is 5.06 Å². The predicted molar refractivity (Wildman–Crippen MR) is 140 cm³/mol. The van der Waals surface area contributed by atoms with Crippen molar-refractivity contribution in [2.75, 3.05) is 31.2 Å². The lowest BCUT2D eigenvalue weighted by molar-refractivity contribution is -0.159. The molecule has 1 unspecified atom stereocenters. The highest BCUT2D eigenvalue weighted by Gasteiger charge is 2.37. The minimum absolute atomic E-state index is 0.000579. The van der Waals surface area contributed by atoms with Gasteiger partial charge in [-0.25, -0.2) is 24.0 Å². The summed E-state index contributed by atoms with van der Waals surface area (Å²) in [6.07, 6.45) is 1.60. The molecule has 1 fully saturated rings. The van der Waals surface area contributed by atoms with Gasteiger partial charge in [0.25, 0.3) is 0 Å². The number of aromatic nitrogens is 1. The van der Waals surface area contributed by atoms with E-state index >= 15 is 0 Å². The number of hydroxylamine groups is 1. The number of hydrazine groups is 1. The summed E-state index contributed by atoms with van der Waals surface area (Å²) in [6.45, 7) is 3.29. The molecule has 0 saturated carbocycles. The van der Waals surface area contributed by atoms with E-state index in [2.05, 4.69) is 15.7 Å². The first-order valence-corrected chi connectivity index (χ1v) is 12.5. The van der Waals surface area contributed by atoms with E-state index in [1.807, 2.05) is 29.2 Å². The third kappa shape index (κ3) is 6.79. The average molecular weight is 541 g/mol. The van der Waals surface area contributed by atoms with E-state index in [0.717, 1.165) is 21.9 Å². The molecule has 3 aromatic rings. The third-order valence-electron chi connectivity index (χ3n) is 6.48. The number of benzene rings is 2. The van der Waals surface area contributed by atoms with Gasteiger partial charge in [-0.15, -0.1) is 0 Å². The molecule has 0 spiro atoms. The zero-order valence-corrected chi connectivity index (χ0v) is 21.4. The Balaban J connectivity index is 1.65. The molecule has 1 aromatic heterocycles. The molecular weight excluding hydrogens is 510 g/mol. The summed E-state index contributed by atoms with van der Waals surface area (Å²) in [7, 11) is 0. The highest BCUT2D eigenvalue weighted by molar-refractivity contribution is 5.85. The van der Waals surface area contributed by atoms with Gasteiger partial charge in [0.15, 0.2) is 23.7 Å². The van der Waals surface area contributed by atoms with Gasteiger partial charge in [-0.1, -0.05) is 36.4 Å². The maximum Gasteiger partial charge on any atom is 0.239 e. The Morgan fingerprint density at radius 3 is 2.59 bits per heavy atom. The maximum absolute atomic E-state index is 14.3. The molecule has 2 N–H and O–H groups in total. The Kier molecular flexibility index (Phi) is 9.60. The molecule has 4 rings (SSSR count). The van der Waals surface area contributed by atoms with Crippen LogP contribution in [0.15, 0.2) is 54.7 Å². The Morgan fingerprint density at radius 1 is 1.15 bits per heavy atom. The maximum atomic E-state index is 14.3. The van der Waals surface area contributed by atoms with Crippen LogP contribution in [0.1, 0.15) is 18.9 Å². The van der Waals surface area contributed by atoms with Crippen molar-refractivity contribution in [2.24, 2.45) is 0 Å². The van der Waals surface area contributed by atoms with Crippen LogP contribution in [-0.4, -0.2) is 71.9 Å². The first-order valence-electron chi connectivity index (χ1n) is 12.5. The number of piperazine rings is 1. The highest BCUT2D eigenvalue weighted by Crippen LogP contribution is 2.23. The van der Waals surface area contributed by atoms with E-state index in [-0.39, 0.29) is 24.3 Å². The summed E-state index contributed by atoms with van der Waals surface area (Å²) in [5.74, 6) is -2.31. The fraction of sp³-hybridized carbons (Fsp3) is 0.333. The summed E-state index contributed by atoms with van der Waals surface area (Å²) in [4.78, 5) is 49.3. The lowest BCUT2D eigenvalue weighted by Gasteiger charge is -2.43. The summed E-state index contributed by atoms with van der Waals surface area (Å²) >= 11 is 0. The summed E-state index contributed by atoms with van der Waals surface area (Å²) in [5, 5.41) is 7.09. The van der Waals surface area contributed by atoms with Crippen LogP contribution in [0.4, 0.5) is 14.6 Å². The first-order chi connectivity index (χ1) is 18.9. The zero-order chi connectivity index (χ0) is 27.8. The van der Waals surface area contributed by atoms with E-state index in [1.54, 1.807) is 12.3 Å². The van der Waals surface area contributed by atoms with Gasteiger partial charge in [0, 0.05) is 63.2 Å². The molecule has 2 amide bonds. The van der Waals surface area contributed by atoms with Crippen molar-refractivity contribution in [3.8, 4) is 0 Å². The van der Waals surface area contributed by atoms with Gasteiger partial charge >= 0.3 is 0 Å². The Bertz CT molecular complexity index is 1310. The Hall–Kier alpha value is -3.84. The van der Waals surface area contributed by atoms with Crippen molar-refractivity contribution >= 4 is 35.2 Å². The molecule has 39 heavy (non-hydrogen) atoms. The Labute approximate surface area is 224 Å². The quantitative estimate of drug-likeness (QED) is 0.266. The van der Waals surface area contributed by atoms with Crippen molar-refractivity contribution < 1.29 is 28.0 Å². The van der Waals surface area contributed by atoms with Crippen molar-refractivity contribution in [1.82, 2.24) is 25.6 Å². The van der Waals surface area contributed by atoms with Crippen LogP contribution >= 0.6 is 0 Å². The fourth-order valence-corrected chi connectivity index (χ4v) is 4.52. The molecule has 12 heteroatoms. The normalized spacial score (nSPS) is 15.5. The number of carbonyl (C=O) groups is 3. The second-order valence-electron chi connectivity index (χ2n) is 9.01. The van der Waals surface area contributed by atoms with E-state index in [0.29, 0.717) is 38.9 Å². The number of fused-ring (bicyclic) bond motifs is 1.